The number of hydrogen-bond acceptors (Lipinski definition) is 3. The van der Waals surface area contributed by atoms with E-state index >= 15 is 0 Å². The highest BCUT2D eigenvalue weighted by molar-refractivity contribution is 5.78. The third-order valence-corrected chi connectivity index (χ3v) is 2.96. The Kier molecular flexibility index (Phi) is 4.49. The number of alkyl carbamates (subject to hydrolysis) is 1. The van der Waals surface area contributed by atoms with Crippen molar-refractivity contribution in [1.29, 1.82) is 0 Å². The van der Waals surface area contributed by atoms with Gasteiger partial charge in [-0.25, -0.2) is 9.18 Å². The third kappa shape index (κ3) is 4.07. The van der Waals surface area contributed by atoms with Gasteiger partial charge in [0.05, 0.1) is 5.52 Å². The predicted octanol–water partition coefficient (Wildman–Crippen LogP) is 2.67. The van der Waals surface area contributed by atoms with Gasteiger partial charge < -0.3 is 14.6 Å². The van der Waals surface area contributed by atoms with Crippen molar-refractivity contribution in [3.05, 3.63) is 46.5 Å². The van der Waals surface area contributed by atoms with Crippen LogP contribution >= 0.6 is 0 Å². The summed E-state index contributed by atoms with van der Waals surface area (Å²) in [6.45, 7) is 5.75. The van der Waals surface area contributed by atoms with Gasteiger partial charge in [0.25, 0.3) is 5.56 Å². The van der Waals surface area contributed by atoms with Crippen molar-refractivity contribution < 1.29 is 13.9 Å². The van der Waals surface area contributed by atoms with Crippen LogP contribution in [0.4, 0.5) is 9.18 Å². The Bertz CT molecular complexity index is 747. The van der Waals surface area contributed by atoms with E-state index in [9.17, 15) is 14.0 Å². The van der Waals surface area contributed by atoms with Gasteiger partial charge >= 0.3 is 6.09 Å². The monoisotopic (exact) mass is 306 g/mol. The summed E-state index contributed by atoms with van der Waals surface area (Å²) >= 11 is 0. The summed E-state index contributed by atoms with van der Waals surface area (Å²) in [7, 11) is 0. The zero-order valence-electron chi connectivity index (χ0n) is 12.9. The second-order valence-electron chi connectivity index (χ2n) is 5.96. The van der Waals surface area contributed by atoms with Gasteiger partial charge in [-0.3, -0.25) is 4.79 Å². The Morgan fingerprint density at radius 2 is 1.95 bits per heavy atom. The van der Waals surface area contributed by atoms with E-state index < -0.39 is 17.5 Å². The van der Waals surface area contributed by atoms with E-state index in [2.05, 4.69) is 5.32 Å². The number of aromatic nitrogens is 1. The zero-order chi connectivity index (χ0) is 16.3. The molecular formula is C16H19FN2O3. The number of pyridine rings is 1. The Labute approximate surface area is 127 Å². The zero-order valence-corrected chi connectivity index (χ0v) is 12.9. The minimum Gasteiger partial charge on any atom is -0.444 e. The first-order valence-electron chi connectivity index (χ1n) is 7.02. The van der Waals surface area contributed by atoms with Crippen LogP contribution in [0.15, 0.2) is 35.1 Å². The van der Waals surface area contributed by atoms with Crippen molar-refractivity contribution in [2.24, 2.45) is 0 Å². The topological polar surface area (TPSA) is 60.3 Å². The normalized spacial score (nSPS) is 11.5. The van der Waals surface area contributed by atoms with Crippen LogP contribution in [0, 0.1) is 5.82 Å². The van der Waals surface area contributed by atoms with E-state index in [1.807, 2.05) is 0 Å². The number of hydrogen-bond donors (Lipinski definition) is 1. The molecule has 1 heterocycles. The highest BCUT2D eigenvalue weighted by Crippen LogP contribution is 2.13. The molecule has 0 bridgehead atoms. The van der Waals surface area contributed by atoms with Crippen molar-refractivity contribution in [2.75, 3.05) is 6.54 Å². The first kappa shape index (κ1) is 16.0. The number of amides is 1. The number of benzene rings is 1. The fourth-order valence-corrected chi connectivity index (χ4v) is 2.08. The lowest BCUT2D eigenvalue weighted by Crippen LogP contribution is -2.35. The number of ether oxygens (including phenoxy) is 1. The molecular weight excluding hydrogens is 287 g/mol. The van der Waals surface area contributed by atoms with Crippen LogP contribution < -0.4 is 10.9 Å². The van der Waals surface area contributed by atoms with Gasteiger partial charge in [-0.2, -0.15) is 0 Å². The third-order valence-electron chi connectivity index (χ3n) is 2.96. The number of nitrogens with one attached hydrogen (secondary N) is 1. The molecule has 1 aromatic carbocycles. The minimum absolute atomic E-state index is 0.213. The Morgan fingerprint density at radius 3 is 2.64 bits per heavy atom. The fraction of sp³-hybridized carbons (Fsp3) is 0.375. The van der Waals surface area contributed by atoms with Gasteiger partial charge in [-0.05, 0) is 50.4 Å². The van der Waals surface area contributed by atoms with Crippen molar-refractivity contribution in [2.45, 2.75) is 32.9 Å². The average molecular weight is 306 g/mol. The molecule has 0 unspecified atom stereocenters. The van der Waals surface area contributed by atoms with Crippen LogP contribution in [0.5, 0.6) is 0 Å². The Balaban J connectivity index is 2.12. The van der Waals surface area contributed by atoms with E-state index in [0.29, 0.717) is 5.52 Å². The molecule has 0 fully saturated rings. The highest BCUT2D eigenvalue weighted by atomic mass is 19.1. The molecule has 118 valence electrons. The summed E-state index contributed by atoms with van der Waals surface area (Å²) in [6, 6.07) is 7.34. The lowest BCUT2D eigenvalue weighted by atomic mass is 10.2. The van der Waals surface area contributed by atoms with Gasteiger partial charge in [-0.15, -0.1) is 0 Å². The van der Waals surface area contributed by atoms with E-state index in [-0.39, 0.29) is 18.6 Å². The lowest BCUT2D eigenvalue weighted by molar-refractivity contribution is 0.0526. The molecule has 0 radical (unpaired) electrons. The molecule has 1 aromatic heterocycles. The molecule has 0 aliphatic rings. The van der Waals surface area contributed by atoms with Gasteiger partial charge in [0, 0.05) is 19.2 Å². The first-order chi connectivity index (χ1) is 10.3. The summed E-state index contributed by atoms with van der Waals surface area (Å²) in [5, 5.41) is 3.34. The Morgan fingerprint density at radius 1 is 1.27 bits per heavy atom. The molecule has 2 aromatic rings. The first-order valence-corrected chi connectivity index (χ1v) is 7.02. The maximum Gasteiger partial charge on any atom is 0.407 e. The van der Waals surface area contributed by atoms with E-state index in [4.69, 9.17) is 4.74 Å². The summed E-state index contributed by atoms with van der Waals surface area (Å²) in [5.41, 5.74) is -0.327. The van der Waals surface area contributed by atoms with Crippen LogP contribution in [-0.2, 0) is 11.3 Å². The SMILES string of the molecule is CC(C)(C)OC(=O)NCCn1c(=O)ccc2ccc(F)cc21. The molecule has 22 heavy (non-hydrogen) atoms. The van der Waals surface area contributed by atoms with E-state index in [0.717, 1.165) is 5.39 Å². The molecule has 1 N–H and O–H groups in total. The molecule has 2 rings (SSSR count). The summed E-state index contributed by atoms with van der Waals surface area (Å²) < 4.78 is 19.9. The number of nitrogens with zero attached hydrogens (tertiary/aromatic N) is 1. The summed E-state index contributed by atoms with van der Waals surface area (Å²) in [5.74, 6) is -0.410. The predicted molar refractivity (Wildman–Crippen MR) is 82.4 cm³/mol. The van der Waals surface area contributed by atoms with E-state index in [1.165, 1.54) is 22.8 Å². The lowest BCUT2D eigenvalue weighted by Gasteiger charge is -2.20. The van der Waals surface area contributed by atoms with Gasteiger partial charge in [0.2, 0.25) is 0 Å². The maximum absolute atomic E-state index is 13.4. The smallest absolute Gasteiger partial charge is 0.407 e. The summed E-state index contributed by atoms with van der Waals surface area (Å²) in [6.07, 6.45) is -0.549. The number of carbonyl (C=O) groups is 1. The molecule has 0 atom stereocenters. The minimum atomic E-state index is -0.580. The van der Waals surface area contributed by atoms with Crippen LogP contribution in [0.1, 0.15) is 20.8 Å². The van der Waals surface area contributed by atoms with Crippen molar-refractivity contribution in [3.63, 3.8) is 0 Å². The van der Waals surface area contributed by atoms with Crippen LogP contribution in [0.2, 0.25) is 0 Å². The molecule has 0 saturated heterocycles. The van der Waals surface area contributed by atoms with Gasteiger partial charge in [0.1, 0.15) is 11.4 Å². The van der Waals surface area contributed by atoms with E-state index in [1.54, 1.807) is 32.9 Å². The molecule has 0 saturated carbocycles. The number of fused-ring (bicyclic) bond motifs is 1. The van der Waals surface area contributed by atoms with Crippen LogP contribution in [-0.4, -0.2) is 22.8 Å². The van der Waals surface area contributed by atoms with Gasteiger partial charge in [0.15, 0.2) is 0 Å². The van der Waals surface area contributed by atoms with Gasteiger partial charge in [-0.1, -0.05) is 0 Å². The Hall–Kier alpha value is -2.37. The molecule has 0 spiro atoms. The van der Waals surface area contributed by atoms with Crippen molar-refractivity contribution in [1.82, 2.24) is 9.88 Å². The highest BCUT2D eigenvalue weighted by Gasteiger charge is 2.15. The number of carbonyl (C=O) groups excluding carboxylic acids is 1. The summed E-state index contributed by atoms with van der Waals surface area (Å²) in [4.78, 5) is 23.5. The fourth-order valence-electron chi connectivity index (χ4n) is 2.08. The van der Waals surface area contributed by atoms with Crippen molar-refractivity contribution in [3.8, 4) is 0 Å². The maximum atomic E-state index is 13.4. The average Bonchev–Trinajstić information content (AvgIpc) is 2.39. The van der Waals surface area contributed by atoms with Crippen LogP contribution in [0.3, 0.4) is 0 Å². The quantitative estimate of drug-likeness (QED) is 0.948. The molecule has 0 aliphatic carbocycles. The number of halogens is 1. The van der Waals surface area contributed by atoms with Crippen molar-refractivity contribution >= 4 is 17.0 Å². The van der Waals surface area contributed by atoms with Crippen LogP contribution in [0.25, 0.3) is 10.9 Å². The second kappa shape index (κ2) is 6.17. The number of rotatable bonds is 3. The molecule has 6 heteroatoms. The second-order valence-corrected chi connectivity index (χ2v) is 5.96. The molecule has 1 amide bonds. The standard InChI is InChI=1S/C16H19FN2O3/c1-16(2,3)22-15(21)18-8-9-19-13-10-12(17)6-4-11(13)5-7-14(19)20/h4-7,10H,8-9H2,1-3H3,(H,18,21). The molecule has 0 aliphatic heterocycles. The largest absolute Gasteiger partial charge is 0.444 e. The molecule has 5 nitrogen and oxygen atoms in total.